The van der Waals surface area contributed by atoms with Crippen LogP contribution in [0.4, 0.5) is 0 Å². The summed E-state index contributed by atoms with van der Waals surface area (Å²) in [6, 6.07) is 0. The highest BCUT2D eigenvalue weighted by atomic mass is 31.1. The first-order valence-electron chi connectivity index (χ1n) is 0.810. The van der Waals surface area contributed by atoms with E-state index in [1.54, 1.807) is 0 Å². The Morgan fingerprint density at radius 3 is 2.25 bits per heavy atom. The number of aromatic nitrogens is 1. The molecule has 0 spiro atoms. The molecular formula is HNOP2. The maximum absolute atomic E-state index is 4.56. The molecule has 1 aromatic rings. The fourth-order valence-corrected chi connectivity index (χ4v) is 0.367. The van der Waals surface area contributed by atoms with Crippen LogP contribution in [0.1, 0.15) is 0 Å². The topological polar surface area (TPSA) is 26.0 Å². The van der Waals surface area contributed by atoms with Crippen LogP contribution in [0, 0.1) is 0 Å². The molecule has 1 unspecified atom stereocenters. The van der Waals surface area contributed by atoms with E-state index in [2.05, 4.69) is 8.49 Å². The number of rotatable bonds is 0. The second kappa shape index (κ2) is 0.878. The molecule has 1 atom stereocenters. The predicted octanol–water partition coefficient (Wildman–Crippen LogP) is 1.29. The lowest BCUT2D eigenvalue weighted by molar-refractivity contribution is 0.821. The second-order valence-corrected chi connectivity index (χ2v) is 2.24. The molecule has 0 amide bonds. The van der Waals surface area contributed by atoms with Gasteiger partial charge in [0.1, 0.15) is 8.59 Å². The van der Waals surface area contributed by atoms with Gasteiger partial charge in [0.25, 0.3) is 8.59 Å². The van der Waals surface area contributed by atoms with Gasteiger partial charge in [0.15, 0.2) is 0 Å². The molecule has 0 aliphatic rings. The van der Waals surface area contributed by atoms with Gasteiger partial charge in [-0.2, -0.15) is 0 Å². The van der Waals surface area contributed by atoms with Crippen molar-refractivity contribution < 1.29 is 3.98 Å². The standard InChI is InChI=1S/HNOP2/c1-3-2-4-1/h3H. The SMILES string of the molecule is n1po[pH]1. The predicted molar refractivity (Wildman–Crippen MR) is 18.5 cm³/mol. The fraction of sp³-hybridized carbons (Fsp3) is 0. The highest BCUT2D eigenvalue weighted by molar-refractivity contribution is 7.39. The monoisotopic (exact) mass is 93.0 g/mol. The van der Waals surface area contributed by atoms with Crippen molar-refractivity contribution in [2.75, 3.05) is 0 Å². The zero-order chi connectivity index (χ0) is 2.83. The van der Waals surface area contributed by atoms with Crippen LogP contribution < -0.4 is 0 Å². The van der Waals surface area contributed by atoms with Gasteiger partial charge < -0.3 is 3.98 Å². The third-order valence-electron chi connectivity index (χ3n) is 0.163. The van der Waals surface area contributed by atoms with Crippen molar-refractivity contribution in [1.29, 1.82) is 0 Å². The summed E-state index contributed by atoms with van der Waals surface area (Å²) in [4.78, 5) is 0. The summed E-state index contributed by atoms with van der Waals surface area (Å²) >= 11 is 0. The minimum atomic E-state index is 0.434. The van der Waals surface area contributed by atoms with Crippen LogP contribution in [0.2, 0.25) is 0 Å². The molecule has 0 radical (unpaired) electrons. The van der Waals surface area contributed by atoms with E-state index in [4.69, 9.17) is 0 Å². The first kappa shape index (κ1) is 2.44. The molecule has 1 rings (SSSR count). The van der Waals surface area contributed by atoms with Crippen LogP contribution >= 0.6 is 17.2 Å². The minimum Gasteiger partial charge on any atom is -0.398 e. The number of hydrogen-bond donors (Lipinski definition) is 0. The molecule has 0 aromatic carbocycles. The van der Waals surface area contributed by atoms with Crippen molar-refractivity contribution in [2.45, 2.75) is 0 Å². The Balaban J connectivity index is 3.00. The lowest BCUT2D eigenvalue weighted by Gasteiger charge is -1.69. The van der Waals surface area contributed by atoms with Gasteiger partial charge in [0.2, 0.25) is 0 Å². The summed E-state index contributed by atoms with van der Waals surface area (Å²) < 4.78 is 8.25. The summed E-state index contributed by atoms with van der Waals surface area (Å²) in [5.74, 6) is 0. The molecule has 0 N–H and O–H groups in total. The van der Waals surface area contributed by atoms with Gasteiger partial charge in [-0.3, -0.25) is 0 Å². The Morgan fingerprint density at radius 1 is 2.00 bits per heavy atom. The van der Waals surface area contributed by atoms with Crippen molar-refractivity contribution in [3.63, 3.8) is 0 Å². The molecule has 0 aliphatic heterocycles. The van der Waals surface area contributed by atoms with Crippen LogP contribution in [-0.2, 0) is 0 Å². The molecule has 1 aromatic heterocycles. The smallest absolute Gasteiger partial charge is 0.257 e. The zero-order valence-corrected chi connectivity index (χ0v) is 3.70. The average molecular weight is 93.0 g/mol. The molecule has 0 aliphatic carbocycles. The van der Waals surface area contributed by atoms with Crippen LogP contribution in [-0.4, -0.2) is 4.51 Å². The molecule has 0 saturated carbocycles. The van der Waals surface area contributed by atoms with Crippen molar-refractivity contribution >= 4 is 17.2 Å². The third-order valence-corrected chi connectivity index (χ3v) is 1.47. The third kappa shape index (κ3) is 0.180. The lowest BCUT2D eigenvalue weighted by Crippen LogP contribution is -1.34. The second-order valence-electron chi connectivity index (χ2n) is 0.364. The maximum atomic E-state index is 4.56. The first-order valence-corrected chi connectivity index (χ1v) is 2.43. The highest BCUT2D eigenvalue weighted by Crippen LogP contribution is 2.10. The molecule has 1 heterocycles. The van der Waals surface area contributed by atoms with Crippen molar-refractivity contribution in [3.05, 3.63) is 0 Å². The normalized spacial score (nSPS) is 12.0. The summed E-state index contributed by atoms with van der Waals surface area (Å²) in [5.41, 5.74) is 0. The van der Waals surface area contributed by atoms with Gasteiger partial charge in [0.05, 0.1) is 0 Å². The Kier molecular flexibility index (Phi) is 0.535. The highest BCUT2D eigenvalue weighted by Gasteiger charge is 1.62. The number of hydrogen-bond acceptors (Lipinski definition) is 2. The van der Waals surface area contributed by atoms with Gasteiger partial charge in [-0.25, -0.2) is 0 Å². The molecule has 0 bridgehead atoms. The molecule has 4 heavy (non-hydrogen) atoms. The fourth-order valence-electron chi connectivity index (χ4n) is 0.0408. The van der Waals surface area contributed by atoms with Gasteiger partial charge in [-0.1, -0.05) is 0 Å². The van der Waals surface area contributed by atoms with Gasteiger partial charge in [-0.15, -0.1) is 4.51 Å². The van der Waals surface area contributed by atoms with Gasteiger partial charge >= 0.3 is 0 Å². The molecule has 22 valence electrons. The number of nitrogens with zero attached hydrogens (tertiary/aromatic N) is 1. The van der Waals surface area contributed by atoms with E-state index in [1.807, 2.05) is 0 Å². The van der Waals surface area contributed by atoms with E-state index < -0.39 is 0 Å². The van der Waals surface area contributed by atoms with E-state index in [0.29, 0.717) is 8.59 Å². The van der Waals surface area contributed by atoms with Crippen LogP contribution in [0.5, 0.6) is 0 Å². The van der Waals surface area contributed by atoms with Crippen LogP contribution in [0.25, 0.3) is 0 Å². The van der Waals surface area contributed by atoms with E-state index in [9.17, 15) is 0 Å². The zero-order valence-electron chi connectivity index (χ0n) is 1.80. The van der Waals surface area contributed by atoms with E-state index >= 15 is 0 Å². The van der Waals surface area contributed by atoms with Crippen LogP contribution in [0.15, 0.2) is 3.98 Å². The van der Waals surface area contributed by atoms with Crippen molar-refractivity contribution in [2.24, 2.45) is 0 Å². The van der Waals surface area contributed by atoms with Gasteiger partial charge in [0, 0.05) is 0 Å². The minimum absolute atomic E-state index is 0.434. The van der Waals surface area contributed by atoms with Gasteiger partial charge in [-0.05, 0) is 0 Å². The molecule has 2 nitrogen and oxygen atoms in total. The Morgan fingerprint density at radius 2 is 2.25 bits per heavy atom. The average Bonchev–Trinajstić information content (AvgIpc) is 0.722. The summed E-state index contributed by atoms with van der Waals surface area (Å²) in [5, 5.41) is 0. The van der Waals surface area contributed by atoms with E-state index in [1.165, 1.54) is 0 Å². The molecular weight excluding hydrogens is 92.0 g/mol. The van der Waals surface area contributed by atoms with Crippen molar-refractivity contribution in [1.82, 2.24) is 4.51 Å². The summed E-state index contributed by atoms with van der Waals surface area (Å²) in [6.07, 6.45) is 0. The first-order chi connectivity index (χ1) is 2.00. The maximum Gasteiger partial charge on any atom is 0.257 e. The molecule has 4 heteroatoms. The van der Waals surface area contributed by atoms with Crippen LogP contribution in [0.3, 0.4) is 0 Å². The summed E-state index contributed by atoms with van der Waals surface area (Å²) in [7, 11) is 1.25. The Hall–Kier alpha value is 0.200. The quantitative estimate of drug-likeness (QED) is 0.482. The largest absolute Gasteiger partial charge is 0.398 e. The van der Waals surface area contributed by atoms with E-state index in [-0.39, 0.29) is 0 Å². The molecule has 0 saturated heterocycles. The van der Waals surface area contributed by atoms with E-state index in [0.717, 1.165) is 8.59 Å². The summed E-state index contributed by atoms with van der Waals surface area (Å²) in [6.45, 7) is 0. The Bertz CT molecular complexity index is 47.8. The van der Waals surface area contributed by atoms with Crippen molar-refractivity contribution in [3.8, 4) is 0 Å². The lowest BCUT2D eigenvalue weighted by atomic mass is 13.9. The molecule has 0 fully saturated rings. The Labute approximate surface area is 26.7 Å².